The maximum Gasteiger partial charge on any atom is 0.409 e. The van der Waals surface area contributed by atoms with E-state index < -0.39 is 0 Å². The van der Waals surface area contributed by atoms with E-state index in [-0.39, 0.29) is 12.0 Å². The van der Waals surface area contributed by atoms with Gasteiger partial charge in [0.15, 0.2) is 0 Å². The van der Waals surface area contributed by atoms with Gasteiger partial charge in [-0.2, -0.15) is 0 Å². The molecule has 0 saturated carbocycles. The van der Waals surface area contributed by atoms with Gasteiger partial charge in [-0.3, -0.25) is 4.79 Å². The molecule has 9 nitrogen and oxygen atoms in total. The van der Waals surface area contributed by atoms with Crippen LogP contribution in [0.25, 0.3) is 0 Å². The second-order valence-corrected chi connectivity index (χ2v) is 5.99. The van der Waals surface area contributed by atoms with Gasteiger partial charge in [0.2, 0.25) is 0 Å². The third kappa shape index (κ3) is 5.56. The highest BCUT2D eigenvalue weighted by Gasteiger charge is 2.23. The molecule has 2 amide bonds. The predicted molar refractivity (Wildman–Crippen MR) is 93.7 cm³/mol. The molecule has 25 heavy (non-hydrogen) atoms. The molecule has 0 atom stereocenters. The maximum absolute atomic E-state index is 12.2. The first-order valence-electron chi connectivity index (χ1n) is 8.43. The lowest BCUT2D eigenvalue weighted by Crippen LogP contribution is -2.49. The highest BCUT2D eigenvalue weighted by molar-refractivity contribution is 5.92. The zero-order chi connectivity index (χ0) is 18.2. The van der Waals surface area contributed by atoms with E-state index in [4.69, 9.17) is 4.74 Å². The van der Waals surface area contributed by atoms with Gasteiger partial charge < -0.3 is 24.8 Å². The monoisotopic (exact) mass is 350 g/mol. The Morgan fingerprint density at radius 1 is 1.24 bits per heavy atom. The highest BCUT2D eigenvalue weighted by atomic mass is 16.6. The fourth-order valence-electron chi connectivity index (χ4n) is 2.46. The highest BCUT2D eigenvalue weighted by Crippen LogP contribution is 2.14. The summed E-state index contributed by atoms with van der Waals surface area (Å²) in [6.07, 6.45) is 1.11. The Labute approximate surface area is 148 Å². The number of carbonyl (C=O) groups is 2. The van der Waals surface area contributed by atoms with Crippen LogP contribution in [-0.2, 0) is 4.74 Å². The minimum absolute atomic E-state index is 0.212. The van der Waals surface area contributed by atoms with Gasteiger partial charge in [0, 0.05) is 45.3 Å². The number of ether oxygens (including phenoxy) is 1. The molecule has 2 rings (SSSR count). The standard InChI is InChI=1S/C16H26N6O3/c1-4-25-16(24)22-9-7-21(8-10-22)14-11-13(18-12-19-14)15(23)17-5-6-20(2)3/h11-12H,4-10H2,1-3H3,(H,17,23). The maximum atomic E-state index is 12.2. The number of carbonyl (C=O) groups excluding carboxylic acids is 2. The Morgan fingerprint density at radius 3 is 2.60 bits per heavy atom. The lowest BCUT2D eigenvalue weighted by atomic mass is 10.3. The van der Waals surface area contributed by atoms with Crippen LogP contribution in [0.15, 0.2) is 12.4 Å². The molecule has 0 aromatic carbocycles. The minimum Gasteiger partial charge on any atom is -0.450 e. The summed E-state index contributed by atoms with van der Waals surface area (Å²) in [6.45, 7) is 5.88. The molecular formula is C16H26N6O3. The van der Waals surface area contributed by atoms with Crippen molar-refractivity contribution in [2.24, 2.45) is 0 Å². The topological polar surface area (TPSA) is 90.9 Å². The van der Waals surface area contributed by atoms with Crippen LogP contribution in [0, 0.1) is 0 Å². The van der Waals surface area contributed by atoms with E-state index in [0.717, 1.165) is 6.54 Å². The summed E-state index contributed by atoms with van der Waals surface area (Å²) in [5, 5.41) is 2.84. The van der Waals surface area contributed by atoms with Crippen LogP contribution >= 0.6 is 0 Å². The third-order valence-electron chi connectivity index (χ3n) is 3.86. The number of likely N-dealkylation sites (N-methyl/N-ethyl adjacent to an activating group) is 1. The number of piperazine rings is 1. The van der Waals surface area contributed by atoms with Gasteiger partial charge in [-0.25, -0.2) is 14.8 Å². The van der Waals surface area contributed by atoms with Gasteiger partial charge in [-0.15, -0.1) is 0 Å². The number of nitrogens with one attached hydrogen (secondary N) is 1. The third-order valence-corrected chi connectivity index (χ3v) is 3.86. The largest absolute Gasteiger partial charge is 0.450 e. The summed E-state index contributed by atoms with van der Waals surface area (Å²) >= 11 is 0. The number of rotatable bonds is 6. The lowest BCUT2D eigenvalue weighted by molar-refractivity contribution is 0.0945. The Hall–Kier alpha value is -2.42. The van der Waals surface area contributed by atoms with Gasteiger partial charge in [0.1, 0.15) is 17.8 Å². The number of aromatic nitrogens is 2. The van der Waals surface area contributed by atoms with Crippen molar-refractivity contribution in [1.29, 1.82) is 0 Å². The quantitative estimate of drug-likeness (QED) is 0.775. The molecule has 0 spiro atoms. The number of hydrogen-bond donors (Lipinski definition) is 1. The molecule has 0 unspecified atom stereocenters. The van der Waals surface area contributed by atoms with E-state index in [1.807, 2.05) is 23.9 Å². The smallest absolute Gasteiger partial charge is 0.409 e. The molecule has 2 heterocycles. The van der Waals surface area contributed by atoms with Crippen molar-refractivity contribution in [2.45, 2.75) is 6.92 Å². The number of amides is 2. The zero-order valence-corrected chi connectivity index (χ0v) is 15.1. The second kappa shape index (κ2) is 9.16. The molecule has 0 aliphatic carbocycles. The van der Waals surface area contributed by atoms with Gasteiger partial charge in [-0.1, -0.05) is 0 Å². The lowest BCUT2D eigenvalue weighted by Gasteiger charge is -2.34. The predicted octanol–water partition coefficient (Wildman–Crippen LogP) is 0.0465. The van der Waals surface area contributed by atoms with Crippen LogP contribution in [0.1, 0.15) is 17.4 Å². The number of anilines is 1. The molecule has 1 saturated heterocycles. The summed E-state index contributed by atoms with van der Waals surface area (Å²) in [7, 11) is 3.90. The first-order chi connectivity index (χ1) is 12.0. The molecule has 0 bridgehead atoms. The molecule has 138 valence electrons. The number of hydrogen-bond acceptors (Lipinski definition) is 7. The Balaban J connectivity index is 1.91. The molecule has 1 aromatic heterocycles. The van der Waals surface area contributed by atoms with Crippen molar-refractivity contribution >= 4 is 17.8 Å². The molecule has 9 heteroatoms. The van der Waals surface area contributed by atoms with Gasteiger partial charge in [-0.05, 0) is 21.0 Å². The van der Waals surface area contributed by atoms with Gasteiger partial charge in [0.25, 0.3) is 5.91 Å². The Bertz CT molecular complexity index is 587. The van der Waals surface area contributed by atoms with Crippen LogP contribution in [0.2, 0.25) is 0 Å². The minimum atomic E-state index is -0.286. The molecule has 1 fully saturated rings. The SMILES string of the molecule is CCOC(=O)N1CCN(c2cc(C(=O)NCCN(C)C)ncn2)CC1. The fourth-order valence-corrected chi connectivity index (χ4v) is 2.46. The summed E-state index contributed by atoms with van der Waals surface area (Å²) in [5.41, 5.74) is 0.344. The fraction of sp³-hybridized carbons (Fsp3) is 0.625. The Kier molecular flexibility index (Phi) is 6.93. The van der Waals surface area contributed by atoms with Crippen molar-refractivity contribution in [2.75, 3.05) is 64.9 Å². The summed E-state index contributed by atoms with van der Waals surface area (Å²) in [5.74, 6) is 0.479. The van der Waals surface area contributed by atoms with E-state index in [9.17, 15) is 9.59 Å². The molecule has 1 aliphatic rings. The number of nitrogens with zero attached hydrogens (tertiary/aromatic N) is 5. The average Bonchev–Trinajstić information content (AvgIpc) is 2.62. The van der Waals surface area contributed by atoms with Crippen LogP contribution in [0.4, 0.5) is 10.6 Å². The summed E-state index contributed by atoms with van der Waals surface area (Å²) in [4.78, 5) is 37.9. The zero-order valence-electron chi connectivity index (χ0n) is 15.1. The second-order valence-electron chi connectivity index (χ2n) is 5.99. The van der Waals surface area contributed by atoms with Crippen molar-refractivity contribution in [1.82, 2.24) is 25.1 Å². The van der Waals surface area contributed by atoms with E-state index in [0.29, 0.717) is 50.8 Å². The summed E-state index contributed by atoms with van der Waals surface area (Å²) in [6, 6.07) is 1.69. The van der Waals surface area contributed by atoms with Crippen molar-refractivity contribution in [3.8, 4) is 0 Å². The Morgan fingerprint density at radius 2 is 1.96 bits per heavy atom. The van der Waals surface area contributed by atoms with E-state index >= 15 is 0 Å². The summed E-state index contributed by atoms with van der Waals surface area (Å²) < 4.78 is 5.01. The van der Waals surface area contributed by atoms with Crippen LogP contribution in [-0.4, -0.2) is 91.7 Å². The van der Waals surface area contributed by atoms with Gasteiger partial charge in [0.05, 0.1) is 6.61 Å². The molecule has 1 aliphatic heterocycles. The normalized spacial score (nSPS) is 14.6. The first-order valence-corrected chi connectivity index (χ1v) is 8.43. The van der Waals surface area contributed by atoms with E-state index in [1.165, 1.54) is 6.33 Å². The van der Waals surface area contributed by atoms with Gasteiger partial charge >= 0.3 is 6.09 Å². The molecule has 1 aromatic rings. The van der Waals surface area contributed by atoms with Crippen LogP contribution < -0.4 is 10.2 Å². The molecule has 1 N–H and O–H groups in total. The molecule has 0 radical (unpaired) electrons. The van der Waals surface area contributed by atoms with Crippen molar-refractivity contribution in [3.63, 3.8) is 0 Å². The van der Waals surface area contributed by atoms with Crippen LogP contribution in [0.3, 0.4) is 0 Å². The van der Waals surface area contributed by atoms with Crippen molar-refractivity contribution in [3.05, 3.63) is 18.1 Å². The average molecular weight is 350 g/mol. The molecular weight excluding hydrogens is 324 g/mol. The first kappa shape index (κ1) is 18.9. The van der Waals surface area contributed by atoms with Crippen LogP contribution in [0.5, 0.6) is 0 Å². The van der Waals surface area contributed by atoms with E-state index in [1.54, 1.807) is 17.9 Å². The van der Waals surface area contributed by atoms with Crippen molar-refractivity contribution < 1.29 is 14.3 Å². The van der Waals surface area contributed by atoms with E-state index in [2.05, 4.69) is 15.3 Å².